The van der Waals surface area contributed by atoms with Crippen molar-refractivity contribution in [3.05, 3.63) is 59.7 Å². The van der Waals surface area contributed by atoms with Crippen LogP contribution in [-0.2, 0) is 14.3 Å². The van der Waals surface area contributed by atoms with E-state index in [2.05, 4.69) is 5.32 Å². The van der Waals surface area contributed by atoms with Gasteiger partial charge in [0.1, 0.15) is 17.5 Å². The normalized spacial score (nSPS) is 21.3. The number of hydrogen-bond acceptors (Lipinski definition) is 6. The van der Waals surface area contributed by atoms with Crippen molar-refractivity contribution in [2.75, 3.05) is 37.7 Å². The zero-order valence-electron chi connectivity index (χ0n) is 19.0. The van der Waals surface area contributed by atoms with Gasteiger partial charge in [0, 0.05) is 31.6 Å². The molecule has 3 aliphatic rings. The van der Waals surface area contributed by atoms with Crippen LogP contribution in [0.15, 0.2) is 48.5 Å². The number of ether oxygens (including phenoxy) is 3. The lowest BCUT2D eigenvalue weighted by atomic mass is 9.91. The summed E-state index contributed by atoms with van der Waals surface area (Å²) in [6.45, 7) is 3.92. The highest BCUT2D eigenvalue weighted by Crippen LogP contribution is 2.32. The lowest BCUT2D eigenvalue weighted by Gasteiger charge is -2.37. The van der Waals surface area contributed by atoms with E-state index in [9.17, 15) is 14.4 Å². The van der Waals surface area contributed by atoms with Crippen molar-refractivity contribution < 1.29 is 28.6 Å². The van der Waals surface area contributed by atoms with E-state index in [-0.39, 0.29) is 30.8 Å². The summed E-state index contributed by atoms with van der Waals surface area (Å²) in [6.07, 6.45) is 0.106. The Hall–Kier alpha value is -3.75. The lowest BCUT2D eigenvalue weighted by molar-refractivity contribution is -0.136. The predicted molar refractivity (Wildman–Crippen MR) is 123 cm³/mol. The molecule has 5 rings (SSSR count). The number of aryl methyl sites for hydroxylation is 1. The summed E-state index contributed by atoms with van der Waals surface area (Å²) in [4.78, 5) is 39.6. The molecule has 0 aliphatic carbocycles. The number of alkyl carbamates (subject to hydrolysis) is 1. The molecule has 3 fully saturated rings. The molecular formula is C25H27N3O6. The summed E-state index contributed by atoms with van der Waals surface area (Å²) in [5.41, 5.74) is 2.32. The number of nitrogens with one attached hydrogen (secondary N) is 1. The molecule has 3 aliphatic heterocycles. The van der Waals surface area contributed by atoms with Crippen molar-refractivity contribution in [1.82, 2.24) is 10.2 Å². The Morgan fingerprint density at radius 3 is 2.44 bits per heavy atom. The minimum atomic E-state index is -0.483. The third-order valence-corrected chi connectivity index (χ3v) is 6.66. The van der Waals surface area contributed by atoms with Gasteiger partial charge in [-0.15, -0.1) is 0 Å². The maximum atomic E-state index is 12.6. The fourth-order valence-corrected chi connectivity index (χ4v) is 4.53. The van der Waals surface area contributed by atoms with Crippen molar-refractivity contribution in [1.29, 1.82) is 0 Å². The van der Waals surface area contributed by atoms with Crippen molar-refractivity contribution in [2.24, 2.45) is 0 Å². The van der Waals surface area contributed by atoms with Crippen LogP contribution >= 0.6 is 0 Å². The smallest absolute Gasteiger partial charge is 0.415 e. The second-order valence-corrected chi connectivity index (χ2v) is 8.98. The predicted octanol–water partition coefficient (Wildman–Crippen LogP) is 3.17. The first kappa shape index (κ1) is 22.1. The molecule has 9 nitrogen and oxygen atoms in total. The maximum absolute atomic E-state index is 12.6. The third kappa shape index (κ3) is 4.50. The Kier molecular flexibility index (Phi) is 5.77. The zero-order chi connectivity index (χ0) is 23.7. The Morgan fingerprint density at radius 2 is 1.79 bits per heavy atom. The van der Waals surface area contributed by atoms with Crippen LogP contribution in [0, 0.1) is 6.92 Å². The highest BCUT2D eigenvalue weighted by molar-refractivity contribution is 5.89. The molecule has 2 aromatic carbocycles. The fraction of sp³-hybridized carbons (Fsp3) is 0.400. The van der Waals surface area contributed by atoms with Crippen LogP contribution < -0.4 is 15.0 Å². The van der Waals surface area contributed by atoms with Crippen molar-refractivity contribution in [3.8, 4) is 5.75 Å². The van der Waals surface area contributed by atoms with Gasteiger partial charge in [-0.1, -0.05) is 29.8 Å². The van der Waals surface area contributed by atoms with E-state index < -0.39 is 5.60 Å². The number of carbonyl (C=O) groups is 3. The van der Waals surface area contributed by atoms with Crippen LogP contribution in [0.5, 0.6) is 5.75 Å². The van der Waals surface area contributed by atoms with Gasteiger partial charge in [-0.05, 0) is 36.8 Å². The molecule has 9 heteroatoms. The van der Waals surface area contributed by atoms with Gasteiger partial charge in [0.2, 0.25) is 0 Å². The number of hydrogen-bond donors (Lipinski definition) is 1. The molecule has 178 valence electrons. The molecule has 0 aromatic heterocycles. The van der Waals surface area contributed by atoms with Crippen LogP contribution in [0.2, 0.25) is 0 Å². The van der Waals surface area contributed by atoms with Gasteiger partial charge in [-0.2, -0.15) is 0 Å². The summed E-state index contributed by atoms with van der Waals surface area (Å²) < 4.78 is 16.6. The fourth-order valence-electron chi connectivity index (χ4n) is 4.53. The minimum Gasteiger partial charge on any atom is -0.484 e. The molecule has 3 amide bonds. The van der Waals surface area contributed by atoms with E-state index in [4.69, 9.17) is 14.2 Å². The minimum absolute atomic E-state index is 0.0655. The lowest BCUT2D eigenvalue weighted by Crippen LogP contribution is -2.49. The molecule has 0 bridgehead atoms. The molecule has 3 saturated heterocycles. The van der Waals surface area contributed by atoms with Gasteiger partial charge in [0.05, 0.1) is 13.1 Å². The molecular weight excluding hydrogens is 438 g/mol. The number of cyclic esters (lactones) is 1. The molecule has 3 heterocycles. The first-order valence-corrected chi connectivity index (χ1v) is 11.4. The first-order chi connectivity index (χ1) is 16.4. The number of amides is 3. The molecule has 1 atom stereocenters. The van der Waals surface area contributed by atoms with Crippen LogP contribution in [0.1, 0.15) is 30.1 Å². The SMILES string of the molecule is Cc1ccc(N2CC(c3ccc(OCC(=O)N4CCC5(CC4)CNC(=O)O5)cc3)OC2=O)cc1. The number of benzene rings is 2. The Bertz CT molecular complexity index is 1080. The largest absolute Gasteiger partial charge is 0.484 e. The molecule has 1 unspecified atom stereocenters. The van der Waals surface area contributed by atoms with Crippen LogP contribution in [0.25, 0.3) is 0 Å². The Balaban J connectivity index is 1.12. The van der Waals surface area contributed by atoms with Crippen LogP contribution in [0.3, 0.4) is 0 Å². The number of anilines is 1. The highest BCUT2D eigenvalue weighted by Gasteiger charge is 2.43. The summed E-state index contributed by atoms with van der Waals surface area (Å²) in [5.74, 6) is 0.467. The average Bonchev–Trinajstić information content (AvgIpc) is 3.41. The standard InChI is InChI=1S/C25H27N3O6/c1-17-2-6-19(7-3-17)28-14-21(33-24(28)31)18-4-8-20(9-5-18)32-15-22(29)27-12-10-25(11-13-27)16-26-23(30)34-25/h2-9,21H,10-16H2,1H3,(H,26,30). The van der Waals surface area contributed by atoms with Gasteiger partial charge in [0.25, 0.3) is 5.91 Å². The van der Waals surface area contributed by atoms with Crippen molar-refractivity contribution in [2.45, 2.75) is 31.5 Å². The molecule has 2 aromatic rings. The summed E-state index contributed by atoms with van der Waals surface area (Å²) in [5, 5.41) is 2.69. The highest BCUT2D eigenvalue weighted by atomic mass is 16.6. The van der Waals surface area contributed by atoms with E-state index >= 15 is 0 Å². The molecule has 1 spiro atoms. The summed E-state index contributed by atoms with van der Waals surface area (Å²) in [6, 6.07) is 15.0. The van der Waals surface area contributed by atoms with E-state index in [1.165, 1.54) is 0 Å². The third-order valence-electron chi connectivity index (χ3n) is 6.66. The monoisotopic (exact) mass is 465 g/mol. The Morgan fingerprint density at radius 1 is 1.09 bits per heavy atom. The van der Waals surface area contributed by atoms with Crippen LogP contribution in [0.4, 0.5) is 15.3 Å². The molecule has 34 heavy (non-hydrogen) atoms. The first-order valence-electron chi connectivity index (χ1n) is 11.4. The maximum Gasteiger partial charge on any atom is 0.415 e. The second-order valence-electron chi connectivity index (χ2n) is 8.98. The van der Waals surface area contributed by atoms with Gasteiger partial charge >= 0.3 is 12.2 Å². The zero-order valence-corrected chi connectivity index (χ0v) is 19.0. The molecule has 0 saturated carbocycles. The second kappa shape index (κ2) is 8.89. The van der Waals surface area contributed by atoms with E-state index in [1.807, 2.05) is 43.3 Å². The number of likely N-dealkylation sites (tertiary alicyclic amines) is 1. The topological polar surface area (TPSA) is 97.4 Å². The van der Waals surface area contributed by atoms with Gasteiger partial charge in [0.15, 0.2) is 6.61 Å². The summed E-state index contributed by atoms with van der Waals surface area (Å²) in [7, 11) is 0. The van der Waals surface area contributed by atoms with E-state index in [1.54, 1.807) is 21.9 Å². The average molecular weight is 466 g/mol. The van der Waals surface area contributed by atoms with Crippen molar-refractivity contribution >= 4 is 23.8 Å². The Labute approximate surface area is 197 Å². The quantitative estimate of drug-likeness (QED) is 0.729. The summed E-state index contributed by atoms with van der Waals surface area (Å²) >= 11 is 0. The van der Waals surface area contributed by atoms with Gasteiger partial charge in [-0.3, -0.25) is 9.69 Å². The number of rotatable bonds is 5. The van der Waals surface area contributed by atoms with E-state index in [0.29, 0.717) is 44.8 Å². The van der Waals surface area contributed by atoms with Crippen molar-refractivity contribution in [3.63, 3.8) is 0 Å². The number of piperidine rings is 1. The van der Waals surface area contributed by atoms with Gasteiger partial charge in [-0.25, -0.2) is 9.59 Å². The molecule has 0 radical (unpaired) electrons. The van der Waals surface area contributed by atoms with E-state index in [0.717, 1.165) is 16.8 Å². The van der Waals surface area contributed by atoms with Crippen LogP contribution in [-0.4, -0.2) is 61.4 Å². The number of carbonyl (C=O) groups excluding carboxylic acids is 3. The van der Waals surface area contributed by atoms with Gasteiger partial charge < -0.3 is 24.4 Å². The number of nitrogens with zero attached hydrogens (tertiary/aromatic N) is 2. The molecule has 1 N–H and O–H groups in total.